The Morgan fingerprint density at radius 2 is 2.00 bits per heavy atom. The molecule has 7 heteroatoms. The highest BCUT2D eigenvalue weighted by atomic mass is 35.5. The number of carboxylic acids is 1. The molecule has 2 rings (SSSR count). The van der Waals surface area contributed by atoms with E-state index in [0.29, 0.717) is 15.6 Å². The molecular formula is C12H8Cl2N2O3. The van der Waals surface area contributed by atoms with Gasteiger partial charge in [-0.3, -0.25) is 9.59 Å². The molecule has 1 aromatic carbocycles. The van der Waals surface area contributed by atoms with E-state index in [1.54, 1.807) is 18.2 Å². The fraction of sp³-hybridized carbons (Fsp3) is 0.0833. The van der Waals surface area contributed by atoms with E-state index < -0.39 is 11.5 Å². The highest BCUT2D eigenvalue weighted by Crippen LogP contribution is 2.26. The van der Waals surface area contributed by atoms with E-state index in [1.165, 1.54) is 0 Å². The van der Waals surface area contributed by atoms with E-state index in [0.717, 1.165) is 6.07 Å². The fourth-order valence-electron chi connectivity index (χ4n) is 1.53. The Hall–Kier alpha value is -1.85. The van der Waals surface area contributed by atoms with Crippen molar-refractivity contribution in [2.24, 2.45) is 0 Å². The second-order valence-corrected chi connectivity index (χ2v) is 4.60. The summed E-state index contributed by atoms with van der Waals surface area (Å²) < 4.78 is 0. The zero-order valence-corrected chi connectivity index (χ0v) is 11.0. The number of aromatic amines is 1. The van der Waals surface area contributed by atoms with Gasteiger partial charge in [0.25, 0.3) is 5.56 Å². The zero-order chi connectivity index (χ0) is 14.0. The van der Waals surface area contributed by atoms with E-state index >= 15 is 0 Å². The van der Waals surface area contributed by atoms with Crippen LogP contribution in [0.2, 0.25) is 10.0 Å². The van der Waals surface area contributed by atoms with Gasteiger partial charge >= 0.3 is 5.97 Å². The molecule has 2 aromatic rings. The van der Waals surface area contributed by atoms with Crippen LogP contribution >= 0.6 is 23.2 Å². The zero-order valence-electron chi connectivity index (χ0n) is 9.48. The fourth-order valence-corrected chi connectivity index (χ4v) is 1.83. The summed E-state index contributed by atoms with van der Waals surface area (Å²) in [6, 6.07) is 5.90. The van der Waals surface area contributed by atoms with E-state index in [-0.39, 0.29) is 17.9 Å². The molecule has 0 aliphatic carbocycles. The number of benzene rings is 1. The Morgan fingerprint density at radius 1 is 1.26 bits per heavy atom. The third kappa shape index (κ3) is 3.33. The maximum atomic E-state index is 11.5. The standard InChI is InChI=1S/C12H8Cl2N2O3/c13-8-2-1-6(3-9(8)14)12-15-7(5-11(18)19)4-10(17)16-12/h1-4H,5H2,(H,18,19)(H,15,16,17). The van der Waals surface area contributed by atoms with Crippen LogP contribution in [0.5, 0.6) is 0 Å². The summed E-state index contributed by atoms with van der Waals surface area (Å²) in [6.45, 7) is 0. The molecule has 2 N–H and O–H groups in total. The minimum Gasteiger partial charge on any atom is -0.481 e. The van der Waals surface area contributed by atoms with Crippen LogP contribution in [0.15, 0.2) is 29.1 Å². The number of aliphatic carboxylic acids is 1. The van der Waals surface area contributed by atoms with Crippen LogP contribution in [0.4, 0.5) is 0 Å². The van der Waals surface area contributed by atoms with Crippen molar-refractivity contribution < 1.29 is 9.90 Å². The number of hydrogen-bond donors (Lipinski definition) is 2. The van der Waals surface area contributed by atoms with Crippen molar-refractivity contribution in [3.63, 3.8) is 0 Å². The van der Waals surface area contributed by atoms with Crippen LogP contribution < -0.4 is 5.56 Å². The molecule has 0 amide bonds. The van der Waals surface area contributed by atoms with E-state index in [2.05, 4.69) is 9.97 Å². The lowest BCUT2D eigenvalue weighted by Crippen LogP contribution is -2.13. The van der Waals surface area contributed by atoms with Gasteiger partial charge in [-0.15, -0.1) is 0 Å². The Bertz CT molecular complexity index is 698. The normalized spacial score (nSPS) is 10.4. The molecule has 0 saturated carbocycles. The third-order valence-electron chi connectivity index (χ3n) is 2.32. The Kier molecular flexibility index (Phi) is 3.87. The number of aromatic nitrogens is 2. The lowest BCUT2D eigenvalue weighted by atomic mass is 10.2. The van der Waals surface area contributed by atoms with Gasteiger partial charge in [-0.05, 0) is 18.2 Å². The van der Waals surface area contributed by atoms with Crippen LogP contribution in [0.1, 0.15) is 5.69 Å². The number of halogens is 2. The molecule has 0 aliphatic rings. The van der Waals surface area contributed by atoms with Crippen LogP contribution in [-0.2, 0) is 11.2 Å². The Balaban J connectivity index is 2.49. The van der Waals surface area contributed by atoms with Crippen LogP contribution in [-0.4, -0.2) is 21.0 Å². The Morgan fingerprint density at radius 3 is 2.63 bits per heavy atom. The van der Waals surface area contributed by atoms with Crippen molar-refractivity contribution in [1.29, 1.82) is 0 Å². The van der Waals surface area contributed by atoms with Gasteiger partial charge in [-0.1, -0.05) is 23.2 Å². The molecule has 1 aromatic heterocycles. The lowest BCUT2D eigenvalue weighted by molar-refractivity contribution is -0.136. The van der Waals surface area contributed by atoms with Gasteiger partial charge in [0.2, 0.25) is 0 Å². The predicted molar refractivity (Wildman–Crippen MR) is 71.7 cm³/mol. The van der Waals surface area contributed by atoms with Gasteiger partial charge in [0.1, 0.15) is 5.82 Å². The van der Waals surface area contributed by atoms with Gasteiger partial charge in [0, 0.05) is 11.6 Å². The third-order valence-corrected chi connectivity index (χ3v) is 3.06. The topological polar surface area (TPSA) is 83.0 Å². The van der Waals surface area contributed by atoms with Crippen LogP contribution in [0.3, 0.4) is 0 Å². The van der Waals surface area contributed by atoms with Gasteiger partial charge in [0.15, 0.2) is 0 Å². The molecule has 0 saturated heterocycles. The first-order valence-corrected chi connectivity index (χ1v) is 5.99. The summed E-state index contributed by atoms with van der Waals surface area (Å²) in [5.74, 6) is -0.805. The largest absolute Gasteiger partial charge is 0.481 e. The van der Waals surface area contributed by atoms with Crippen molar-refractivity contribution in [3.8, 4) is 11.4 Å². The number of nitrogens with one attached hydrogen (secondary N) is 1. The van der Waals surface area contributed by atoms with Crippen LogP contribution in [0, 0.1) is 0 Å². The van der Waals surface area contributed by atoms with Crippen molar-refractivity contribution in [2.75, 3.05) is 0 Å². The minimum absolute atomic E-state index is 0.178. The lowest BCUT2D eigenvalue weighted by Gasteiger charge is -2.04. The Labute approximate surface area is 117 Å². The van der Waals surface area contributed by atoms with E-state index in [1.807, 2.05) is 0 Å². The first kappa shape index (κ1) is 13.6. The molecule has 0 fully saturated rings. The van der Waals surface area contributed by atoms with Gasteiger partial charge < -0.3 is 10.1 Å². The summed E-state index contributed by atoms with van der Waals surface area (Å²) >= 11 is 11.7. The molecule has 5 nitrogen and oxygen atoms in total. The predicted octanol–water partition coefficient (Wildman–Crippen LogP) is 2.37. The number of H-pyrrole nitrogens is 1. The maximum Gasteiger partial charge on any atom is 0.309 e. The molecule has 98 valence electrons. The van der Waals surface area contributed by atoms with E-state index in [9.17, 15) is 9.59 Å². The molecule has 0 unspecified atom stereocenters. The highest BCUT2D eigenvalue weighted by molar-refractivity contribution is 6.42. The van der Waals surface area contributed by atoms with Gasteiger partial charge in [-0.2, -0.15) is 0 Å². The maximum absolute atomic E-state index is 11.5. The number of carbonyl (C=O) groups is 1. The van der Waals surface area contributed by atoms with Gasteiger partial charge in [-0.25, -0.2) is 4.98 Å². The van der Waals surface area contributed by atoms with Crippen LogP contribution in [0.25, 0.3) is 11.4 Å². The first-order valence-electron chi connectivity index (χ1n) is 5.23. The molecule has 0 radical (unpaired) electrons. The minimum atomic E-state index is -1.06. The van der Waals surface area contributed by atoms with Crippen molar-refractivity contribution in [2.45, 2.75) is 6.42 Å². The second-order valence-electron chi connectivity index (χ2n) is 3.78. The van der Waals surface area contributed by atoms with Crippen molar-refractivity contribution >= 4 is 29.2 Å². The molecule has 0 atom stereocenters. The number of carboxylic acid groups (broad SMARTS) is 1. The average molecular weight is 299 g/mol. The highest BCUT2D eigenvalue weighted by Gasteiger charge is 2.08. The smallest absolute Gasteiger partial charge is 0.309 e. The molecule has 0 bridgehead atoms. The summed E-state index contributed by atoms with van der Waals surface area (Å²) in [6.07, 6.45) is -0.321. The SMILES string of the molecule is O=C(O)Cc1cc(=O)[nH]c(-c2ccc(Cl)c(Cl)c2)n1. The second kappa shape index (κ2) is 5.42. The van der Waals surface area contributed by atoms with E-state index in [4.69, 9.17) is 28.3 Å². The summed E-state index contributed by atoms with van der Waals surface area (Å²) in [4.78, 5) is 28.7. The first-order chi connectivity index (χ1) is 8.95. The summed E-state index contributed by atoms with van der Waals surface area (Å²) in [5, 5.41) is 9.42. The molecule has 0 spiro atoms. The monoisotopic (exact) mass is 298 g/mol. The molecule has 19 heavy (non-hydrogen) atoms. The number of rotatable bonds is 3. The molecular weight excluding hydrogens is 291 g/mol. The number of hydrogen-bond acceptors (Lipinski definition) is 3. The van der Waals surface area contributed by atoms with Crippen molar-refractivity contribution in [3.05, 3.63) is 50.4 Å². The van der Waals surface area contributed by atoms with Gasteiger partial charge in [0.05, 0.1) is 22.2 Å². The number of nitrogens with zero attached hydrogens (tertiary/aromatic N) is 1. The summed E-state index contributed by atoms with van der Waals surface area (Å²) in [7, 11) is 0. The summed E-state index contributed by atoms with van der Waals surface area (Å²) in [5.41, 5.74) is 0.309. The molecule has 0 aliphatic heterocycles. The quantitative estimate of drug-likeness (QED) is 0.911. The van der Waals surface area contributed by atoms with Crippen molar-refractivity contribution in [1.82, 2.24) is 9.97 Å². The molecule has 1 heterocycles. The average Bonchev–Trinajstić information content (AvgIpc) is 2.31.